The van der Waals surface area contributed by atoms with Crippen molar-refractivity contribution < 1.29 is 13.2 Å². The second kappa shape index (κ2) is 5.65. The minimum absolute atomic E-state index is 0.220. The van der Waals surface area contributed by atoms with Crippen LogP contribution in [-0.2, 0) is 10.0 Å². The van der Waals surface area contributed by atoms with Crippen LogP contribution in [0.25, 0.3) is 11.4 Å². The molecule has 1 aromatic heterocycles. The lowest BCUT2D eigenvalue weighted by molar-refractivity contribution is 0.415. The zero-order valence-corrected chi connectivity index (χ0v) is 12.7. The SMILES string of the molecule is COc1cccc(-c2nccn2S(=O)(=O)c2ccccc2)c1. The Bertz CT molecular complexity index is 887. The molecule has 0 aliphatic carbocycles. The minimum Gasteiger partial charge on any atom is -0.497 e. The van der Waals surface area contributed by atoms with Gasteiger partial charge in [0.25, 0.3) is 10.0 Å². The number of ether oxygens (including phenoxy) is 1. The van der Waals surface area contributed by atoms with E-state index in [9.17, 15) is 8.42 Å². The minimum atomic E-state index is -3.68. The molecule has 0 unspecified atom stereocenters. The Morgan fingerprint density at radius 3 is 2.55 bits per heavy atom. The molecule has 0 N–H and O–H groups in total. The van der Waals surface area contributed by atoms with Gasteiger partial charge in [-0.05, 0) is 24.3 Å². The molecule has 22 heavy (non-hydrogen) atoms. The van der Waals surface area contributed by atoms with E-state index in [1.807, 2.05) is 0 Å². The Hall–Kier alpha value is -2.60. The summed E-state index contributed by atoms with van der Waals surface area (Å²) in [5.74, 6) is 0.993. The average Bonchev–Trinajstić information content (AvgIpc) is 3.06. The molecule has 0 saturated carbocycles. The molecule has 0 amide bonds. The zero-order valence-electron chi connectivity index (χ0n) is 11.9. The lowest BCUT2D eigenvalue weighted by atomic mass is 10.2. The Kier molecular flexibility index (Phi) is 3.68. The second-order valence-corrected chi connectivity index (χ2v) is 6.41. The molecular weight excluding hydrogens is 300 g/mol. The summed E-state index contributed by atoms with van der Waals surface area (Å²) in [6.07, 6.45) is 2.91. The molecule has 6 heteroatoms. The van der Waals surface area contributed by atoms with Crippen LogP contribution in [0.5, 0.6) is 5.75 Å². The van der Waals surface area contributed by atoms with E-state index in [1.165, 1.54) is 16.4 Å². The fourth-order valence-electron chi connectivity index (χ4n) is 2.16. The largest absolute Gasteiger partial charge is 0.497 e. The highest BCUT2D eigenvalue weighted by Gasteiger charge is 2.20. The maximum Gasteiger partial charge on any atom is 0.269 e. The van der Waals surface area contributed by atoms with E-state index in [0.717, 1.165) is 0 Å². The van der Waals surface area contributed by atoms with Gasteiger partial charge in [0, 0.05) is 18.0 Å². The van der Waals surface area contributed by atoms with Crippen LogP contribution < -0.4 is 4.74 Å². The first-order valence-corrected chi connectivity index (χ1v) is 8.05. The van der Waals surface area contributed by atoms with Crippen LogP contribution in [0.4, 0.5) is 0 Å². The summed E-state index contributed by atoms with van der Waals surface area (Å²) < 4.78 is 31.8. The Labute approximate surface area is 128 Å². The number of methoxy groups -OCH3 is 1. The van der Waals surface area contributed by atoms with Crippen LogP contribution in [0.15, 0.2) is 71.9 Å². The third kappa shape index (κ3) is 2.48. The number of benzene rings is 2. The molecule has 2 aromatic carbocycles. The number of imidazole rings is 1. The van der Waals surface area contributed by atoms with Gasteiger partial charge in [0.2, 0.25) is 0 Å². The van der Waals surface area contributed by atoms with Crippen LogP contribution in [0.3, 0.4) is 0 Å². The van der Waals surface area contributed by atoms with E-state index in [0.29, 0.717) is 17.1 Å². The van der Waals surface area contributed by atoms with Gasteiger partial charge in [0.15, 0.2) is 5.82 Å². The van der Waals surface area contributed by atoms with Crippen molar-refractivity contribution in [3.63, 3.8) is 0 Å². The average molecular weight is 314 g/mol. The smallest absolute Gasteiger partial charge is 0.269 e. The predicted molar refractivity (Wildman–Crippen MR) is 83.2 cm³/mol. The van der Waals surface area contributed by atoms with Gasteiger partial charge in [0.05, 0.1) is 12.0 Å². The lowest BCUT2D eigenvalue weighted by Gasteiger charge is -2.10. The fraction of sp³-hybridized carbons (Fsp3) is 0.0625. The molecule has 0 aliphatic heterocycles. The summed E-state index contributed by atoms with van der Waals surface area (Å²) in [5, 5.41) is 0. The first-order valence-electron chi connectivity index (χ1n) is 6.61. The number of hydrogen-bond donors (Lipinski definition) is 0. The summed E-state index contributed by atoms with van der Waals surface area (Å²) in [6.45, 7) is 0. The fourth-order valence-corrected chi connectivity index (χ4v) is 3.48. The van der Waals surface area contributed by atoms with E-state index in [1.54, 1.807) is 61.7 Å². The van der Waals surface area contributed by atoms with Gasteiger partial charge < -0.3 is 4.74 Å². The van der Waals surface area contributed by atoms with E-state index in [4.69, 9.17) is 4.74 Å². The van der Waals surface area contributed by atoms with Crippen molar-refractivity contribution in [3.8, 4) is 17.1 Å². The third-order valence-electron chi connectivity index (χ3n) is 3.24. The molecule has 3 rings (SSSR count). The van der Waals surface area contributed by atoms with Gasteiger partial charge in [-0.1, -0.05) is 30.3 Å². The van der Waals surface area contributed by atoms with Crippen molar-refractivity contribution in [2.75, 3.05) is 7.11 Å². The van der Waals surface area contributed by atoms with E-state index in [2.05, 4.69) is 4.98 Å². The monoisotopic (exact) mass is 314 g/mol. The van der Waals surface area contributed by atoms with Crippen LogP contribution in [-0.4, -0.2) is 24.5 Å². The zero-order chi connectivity index (χ0) is 15.6. The molecular formula is C16H14N2O3S. The van der Waals surface area contributed by atoms with Gasteiger partial charge in [0.1, 0.15) is 5.75 Å². The molecule has 0 aliphatic rings. The standard InChI is InChI=1S/C16H14N2O3S/c1-21-14-7-5-6-13(12-14)16-17-10-11-18(16)22(19,20)15-8-3-2-4-9-15/h2-12H,1H3. The highest BCUT2D eigenvalue weighted by Crippen LogP contribution is 2.25. The van der Waals surface area contributed by atoms with Crippen molar-refractivity contribution in [2.45, 2.75) is 4.90 Å². The van der Waals surface area contributed by atoms with Crippen LogP contribution >= 0.6 is 0 Å². The molecule has 0 spiro atoms. The number of rotatable bonds is 4. The predicted octanol–water partition coefficient (Wildman–Crippen LogP) is 2.80. The van der Waals surface area contributed by atoms with Crippen molar-refractivity contribution in [3.05, 3.63) is 67.0 Å². The van der Waals surface area contributed by atoms with Crippen LogP contribution in [0.1, 0.15) is 0 Å². The second-order valence-electron chi connectivity index (χ2n) is 4.60. The number of aromatic nitrogens is 2. The Morgan fingerprint density at radius 2 is 1.82 bits per heavy atom. The molecule has 3 aromatic rings. The molecule has 0 radical (unpaired) electrons. The third-order valence-corrected chi connectivity index (χ3v) is 4.92. The van der Waals surface area contributed by atoms with Crippen molar-refractivity contribution in [2.24, 2.45) is 0 Å². The quantitative estimate of drug-likeness (QED) is 0.743. The van der Waals surface area contributed by atoms with Crippen molar-refractivity contribution in [1.82, 2.24) is 8.96 Å². The van der Waals surface area contributed by atoms with Gasteiger partial charge >= 0.3 is 0 Å². The molecule has 1 heterocycles. The first-order chi connectivity index (χ1) is 10.6. The van der Waals surface area contributed by atoms with E-state index < -0.39 is 10.0 Å². The summed E-state index contributed by atoms with van der Waals surface area (Å²) in [7, 11) is -2.12. The van der Waals surface area contributed by atoms with Crippen molar-refractivity contribution >= 4 is 10.0 Å². The Morgan fingerprint density at radius 1 is 1.05 bits per heavy atom. The first kappa shape index (κ1) is 14.3. The highest BCUT2D eigenvalue weighted by atomic mass is 32.2. The molecule has 0 atom stereocenters. The van der Waals surface area contributed by atoms with Gasteiger partial charge in [-0.3, -0.25) is 0 Å². The molecule has 112 valence electrons. The molecule has 0 saturated heterocycles. The maximum absolute atomic E-state index is 12.7. The molecule has 5 nitrogen and oxygen atoms in total. The van der Waals surface area contributed by atoms with Crippen LogP contribution in [0.2, 0.25) is 0 Å². The maximum atomic E-state index is 12.7. The van der Waals surface area contributed by atoms with Gasteiger partial charge in [-0.2, -0.15) is 0 Å². The topological polar surface area (TPSA) is 61.2 Å². The van der Waals surface area contributed by atoms with Gasteiger partial charge in [-0.15, -0.1) is 0 Å². The van der Waals surface area contributed by atoms with Crippen molar-refractivity contribution in [1.29, 1.82) is 0 Å². The van der Waals surface area contributed by atoms with Crippen LogP contribution in [0, 0.1) is 0 Å². The lowest BCUT2D eigenvalue weighted by Crippen LogP contribution is -2.13. The molecule has 0 fully saturated rings. The summed E-state index contributed by atoms with van der Waals surface area (Å²) >= 11 is 0. The summed E-state index contributed by atoms with van der Waals surface area (Å²) in [6, 6.07) is 15.4. The van der Waals surface area contributed by atoms with E-state index >= 15 is 0 Å². The normalized spacial score (nSPS) is 11.3. The van der Waals surface area contributed by atoms with E-state index in [-0.39, 0.29) is 4.90 Å². The summed E-state index contributed by atoms with van der Waals surface area (Å²) in [5.41, 5.74) is 0.670. The van der Waals surface area contributed by atoms with Gasteiger partial charge in [-0.25, -0.2) is 17.4 Å². The summed E-state index contributed by atoms with van der Waals surface area (Å²) in [4.78, 5) is 4.40. The Balaban J connectivity index is 2.13. The number of nitrogens with zero attached hydrogens (tertiary/aromatic N) is 2. The highest BCUT2D eigenvalue weighted by molar-refractivity contribution is 7.90. The molecule has 0 bridgehead atoms. The number of hydrogen-bond acceptors (Lipinski definition) is 4.